The molecule has 0 aliphatic carbocycles. The highest BCUT2D eigenvalue weighted by Crippen LogP contribution is 2.09. The summed E-state index contributed by atoms with van der Waals surface area (Å²) in [4.78, 5) is 16.2. The van der Waals surface area contributed by atoms with E-state index in [-0.39, 0.29) is 11.9 Å². The Morgan fingerprint density at radius 2 is 2.50 bits per heavy atom. The molecule has 2 rings (SSSR count). The van der Waals surface area contributed by atoms with Gasteiger partial charge in [-0.15, -0.1) is 0 Å². The molecule has 1 atom stereocenters. The van der Waals surface area contributed by atoms with Crippen molar-refractivity contribution in [3.8, 4) is 0 Å². The van der Waals surface area contributed by atoms with Gasteiger partial charge < -0.3 is 15.4 Å². The van der Waals surface area contributed by atoms with Crippen LogP contribution in [0.15, 0.2) is 18.3 Å². The Kier molecular flexibility index (Phi) is 4.52. The Bertz CT molecular complexity index is 403. The van der Waals surface area contributed by atoms with Gasteiger partial charge in [0.2, 0.25) is 0 Å². The smallest absolute Gasteiger partial charge is 0.251 e. The van der Waals surface area contributed by atoms with Crippen molar-refractivity contribution in [2.75, 3.05) is 25.1 Å². The van der Waals surface area contributed by atoms with E-state index in [0.29, 0.717) is 12.2 Å². The molecule has 0 saturated carbocycles. The molecule has 18 heavy (non-hydrogen) atoms. The van der Waals surface area contributed by atoms with Gasteiger partial charge in [0.25, 0.3) is 5.91 Å². The van der Waals surface area contributed by atoms with Gasteiger partial charge in [-0.05, 0) is 25.0 Å². The zero-order valence-electron chi connectivity index (χ0n) is 10.6. The molecule has 1 unspecified atom stereocenters. The fraction of sp³-hybridized carbons (Fsp3) is 0.538. The summed E-state index contributed by atoms with van der Waals surface area (Å²) in [6.45, 7) is 4.28. The maximum absolute atomic E-state index is 12.0. The first-order valence-corrected chi connectivity index (χ1v) is 6.38. The van der Waals surface area contributed by atoms with E-state index in [1.807, 2.05) is 0 Å². The molecule has 5 nitrogen and oxygen atoms in total. The normalized spacial score (nSPS) is 18.6. The van der Waals surface area contributed by atoms with Crippen LogP contribution < -0.4 is 10.6 Å². The van der Waals surface area contributed by atoms with E-state index < -0.39 is 0 Å². The molecule has 1 amide bonds. The van der Waals surface area contributed by atoms with E-state index in [4.69, 9.17) is 4.74 Å². The van der Waals surface area contributed by atoms with Crippen molar-refractivity contribution in [1.29, 1.82) is 0 Å². The largest absolute Gasteiger partial charge is 0.379 e. The molecular formula is C13H19N3O2. The van der Waals surface area contributed by atoms with Gasteiger partial charge >= 0.3 is 0 Å². The van der Waals surface area contributed by atoms with E-state index >= 15 is 0 Å². The van der Waals surface area contributed by atoms with Crippen LogP contribution in [0, 0.1) is 0 Å². The molecule has 2 N–H and O–H groups in total. The van der Waals surface area contributed by atoms with Crippen molar-refractivity contribution in [2.24, 2.45) is 0 Å². The second-order valence-corrected chi connectivity index (χ2v) is 4.39. The van der Waals surface area contributed by atoms with Crippen molar-refractivity contribution in [3.63, 3.8) is 0 Å². The van der Waals surface area contributed by atoms with E-state index in [9.17, 15) is 4.79 Å². The average molecular weight is 249 g/mol. The summed E-state index contributed by atoms with van der Waals surface area (Å²) in [5, 5.41) is 6.13. The maximum Gasteiger partial charge on any atom is 0.251 e. The van der Waals surface area contributed by atoms with Gasteiger partial charge in [0, 0.05) is 24.9 Å². The first-order valence-electron chi connectivity index (χ1n) is 6.38. The molecule has 1 aromatic heterocycles. The number of hydrogen-bond acceptors (Lipinski definition) is 4. The maximum atomic E-state index is 12.0. The van der Waals surface area contributed by atoms with Gasteiger partial charge in [0.15, 0.2) is 0 Å². The van der Waals surface area contributed by atoms with Crippen LogP contribution in [0.5, 0.6) is 0 Å². The van der Waals surface area contributed by atoms with Gasteiger partial charge in [-0.3, -0.25) is 4.79 Å². The molecule has 98 valence electrons. The second kappa shape index (κ2) is 6.35. The molecular weight excluding hydrogens is 230 g/mol. The highest BCUT2D eigenvalue weighted by atomic mass is 16.5. The summed E-state index contributed by atoms with van der Waals surface area (Å²) < 4.78 is 5.23. The molecule has 1 saturated heterocycles. The van der Waals surface area contributed by atoms with Crippen molar-refractivity contribution in [2.45, 2.75) is 25.8 Å². The number of carbonyl (C=O) groups is 1. The summed E-state index contributed by atoms with van der Waals surface area (Å²) in [5.74, 6) is 0.680. The fourth-order valence-corrected chi connectivity index (χ4v) is 1.84. The number of anilines is 1. The third-order valence-corrected chi connectivity index (χ3v) is 2.84. The lowest BCUT2D eigenvalue weighted by molar-refractivity contribution is 0.0930. The van der Waals surface area contributed by atoms with Crippen LogP contribution in [0.3, 0.4) is 0 Å². The first kappa shape index (κ1) is 12.8. The predicted molar refractivity (Wildman–Crippen MR) is 69.7 cm³/mol. The van der Waals surface area contributed by atoms with E-state index in [2.05, 4.69) is 22.5 Å². The van der Waals surface area contributed by atoms with Crippen LogP contribution in [0.1, 0.15) is 30.1 Å². The number of rotatable bonds is 5. The van der Waals surface area contributed by atoms with Crippen molar-refractivity contribution in [3.05, 3.63) is 23.9 Å². The highest BCUT2D eigenvalue weighted by Gasteiger charge is 2.18. The summed E-state index contributed by atoms with van der Waals surface area (Å²) in [5.41, 5.74) is 0.635. The number of amides is 1. The van der Waals surface area contributed by atoms with Crippen molar-refractivity contribution >= 4 is 11.7 Å². The lowest BCUT2D eigenvalue weighted by atomic mass is 10.2. The minimum atomic E-state index is -0.0625. The molecule has 1 aliphatic rings. The van der Waals surface area contributed by atoms with Crippen LogP contribution in [0.25, 0.3) is 0 Å². The molecule has 0 radical (unpaired) electrons. The standard InChI is InChI=1S/C13H19N3O2/c1-2-5-14-12-8-10(3-6-15-12)13(17)16-11-4-7-18-9-11/h3,6,8,11H,2,4-5,7,9H2,1H3,(H,14,15)(H,16,17). The second-order valence-electron chi connectivity index (χ2n) is 4.39. The third kappa shape index (κ3) is 3.43. The number of nitrogens with one attached hydrogen (secondary N) is 2. The number of ether oxygens (including phenoxy) is 1. The molecule has 2 heterocycles. The highest BCUT2D eigenvalue weighted by molar-refractivity contribution is 5.95. The lowest BCUT2D eigenvalue weighted by Gasteiger charge is -2.11. The minimum Gasteiger partial charge on any atom is -0.379 e. The Labute approximate surface area is 107 Å². The number of hydrogen-bond donors (Lipinski definition) is 2. The topological polar surface area (TPSA) is 63.2 Å². The molecule has 0 spiro atoms. The number of aromatic nitrogens is 1. The summed E-state index contributed by atoms with van der Waals surface area (Å²) in [6.07, 6.45) is 3.56. The van der Waals surface area contributed by atoms with E-state index in [1.54, 1.807) is 18.3 Å². The number of nitrogens with zero attached hydrogens (tertiary/aromatic N) is 1. The monoisotopic (exact) mass is 249 g/mol. The molecule has 1 aliphatic heterocycles. The van der Waals surface area contributed by atoms with Crippen LogP contribution in [-0.2, 0) is 4.74 Å². The molecule has 5 heteroatoms. The summed E-state index contributed by atoms with van der Waals surface area (Å²) >= 11 is 0. The Balaban J connectivity index is 1.96. The Morgan fingerprint density at radius 1 is 1.61 bits per heavy atom. The SMILES string of the molecule is CCCNc1cc(C(=O)NC2CCOC2)ccn1. The van der Waals surface area contributed by atoms with Gasteiger partial charge in [-0.2, -0.15) is 0 Å². The lowest BCUT2D eigenvalue weighted by Crippen LogP contribution is -2.35. The van der Waals surface area contributed by atoms with E-state index in [0.717, 1.165) is 31.8 Å². The summed E-state index contributed by atoms with van der Waals surface area (Å²) in [6, 6.07) is 3.64. The molecule has 1 aromatic rings. The van der Waals surface area contributed by atoms with Crippen molar-refractivity contribution in [1.82, 2.24) is 10.3 Å². The summed E-state index contributed by atoms with van der Waals surface area (Å²) in [7, 11) is 0. The Morgan fingerprint density at radius 3 is 3.22 bits per heavy atom. The van der Waals surface area contributed by atoms with Crippen molar-refractivity contribution < 1.29 is 9.53 Å². The van der Waals surface area contributed by atoms with Gasteiger partial charge in [-0.1, -0.05) is 6.92 Å². The first-order chi connectivity index (χ1) is 8.79. The van der Waals surface area contributed by atoms with Crippen LogP contribution >= 0.6 is 0 Å². The van der Waals surface area contributed by atoms with Crippen LogP contribution in [0.2, 0.25) is 0 Å². The van der Waals surface area contributed by atoms with E-state index in [1.165, 1.54) is 0 Å². The molecule has 1 fully saturated rings. The third-order valence-electron chi connectivity index (χ3n) is 2.84. The van der Waals surface area contributed by atoms with Gasteiger partial charge in [-0.25, -0.2) is 4.98 Å². The minimum absolute atomic E-state index is 0.0625. The predicted octanol–water partition coefficient (Wildman–Crippen LogP) is 1.42. The van der Waals surface area contributed by atoms with Crippen LogP contribution in [-0.4, -0.2) is 36.7 Å². The average Bonchev–Trinajstić information content (AvgIpc) is 2.89. The number of carbonyl (C=O) groups excluding carboxylic acids is 1. The number of pyridine rings is 1. The van der Waals surface area contributed by atoms with Crippen LogP contribution in [0.4, 0.5) is 5.82 Å². The van der Waals surface area contributed by atoms with Gasteiger partial charge in [0.05, 0.1) is 12.6 Å². The molecule has 0 aromatic carbocycles. The fourth-order valence-electron chi connectivity index (χ4n) is 1.84. The quantitative estimate of drug-likeness (QED) is 0.828. The zero-order chi connectivity index (χ0) is 12.8. The molecule has 0 bridgehead atoms. The van der Waals surface area contributed by atoms with Gasteiger partial charge in [0.1, 0.15) is 5.82 Å². The Hall–Kier alpha value is -1.62. The zero-order valence-corrected chi connectivity index (χ0v) is 10.6.